The molecule has 0 unspecified atom stereocenters. The number of unbranched alkanes of at least 4 members (excludes halogenated alkanes) is 4. The molecule has 0 saturated carbocycles. The van der Waals surface area contributed by atoms with Gasteiger partial charge in [0.25, 0.3) is 0 Å². The van der Waals surface area contributed by atoms with Crippen LogP contribution in [0, 0.1) is 0 Å². The Hall–Kier alpha value is 0.270. The van der Waals surface area contributed by atoms with Gasteiger partial charge in [-0.15, -0.1) is 0 Å². The minimum Gasteiger partial charge on any atom is -0.396 e. The molecule has 0 spiro atoms. The molecule has 0 fully saturated rings. The third-order valence-corrected chi connectivity index (χ3v) is 2.91. The molecule has 0 aromatic heterocycles. The highest BCUT2D eigenvalue weighted by Crippen LogP contribution is 2.03. The quantitative estimate of drug-likeness (QED) is 0.523. The van der Waals surface area contributed by atoms with Crippen LogP contribution in [0.4, 0.5) is 0 Å². The second-order valence-corrected chi connectivity index (χ2v) is 4.57. The summed E-state index contributed by atoms with van der Waals surface area (Å²) >= 11 is 1.94. The van der Waals surface area contributed by atoms with E-state index >= 15 is 0 Å². The van der Waals surface area contributed by atoms with Crippen LogP contribution in [0.3, 0.4) is 0 Å². The molecule has 0 amide bonds. The fourth-order valence-electron chi connectivity index (χ4n) is 1.34. The molecule has 86 valence electrons. The normalized spacial score (nSPS) is 10.7. The molecule has 0 aliphatic rings. The summed E-state index contributed by atoms with van der Waals surface area (Å²) in [5.74, 6) is 1.31. The van der Waals surface area contributed by atoms with Gasteiger partial charge >= 0.3 is 0 Å². The summed E-state index contributed by atoms with van der Waals surface area (Å²) in [6.45, 7) is 2.53. The first kappa shape index (κ1) is 14.3. The number of hydrogen-bond donors (Lipinski definition) is 2. The maximum absolute atomic E-state index is 8.56. The van der Waals surface area contributed by atoms with E-state index in [4.69, 9.17) is 5.11 Å². The average molecular weight is 219 g/mol. The zero-order valence-corrected chi connectivity index (χ0v) is 10.2. The maximum Gasteiger partial charge on any atom is 0.0431 e. The molecule has 0 bridgehead atoms. The Bertz CT molecular complexity index is 89.3. The van der Waals surface area contributed by atoms with Crippen LogP contribution >= 0.6 is 11.8 Å². The van der Waals surface area contributed by atoms with Gasteiger partial charge < -0.3 is 10.4 Å². The van der Waals surface area contributed by atoms with Crippen LogP contribution < -0.4 is 5.32 Å². The molecule has 0 atom stereocenters. The van der Waals surface area contributed by atoms with Crippen LogP contribution in [-0.2, 0) is 0 Å². The number of hydrogen-bond acceptors (Lipinski definition) is 3. The van der Waals surface area contributed by atoms with Crippen molar-refractivity contribution in [3.63, 3.8) is 0 Å². The fourth-order valence-corrected chi connectivity index (χ4v) is 1.83. The Labute approximate surface area is 92.9 Å². The zero-order valence-electron chi connectivity index (χ0n) is 9.43. The average Bonchev–Trinajstić information content (AvgIpc) is 2.21. The third kappa shape index (κ3) is 12.3. The molecule has 0 aliphatic carbocycles. The van der Waals surface area contributed by atoms with E-state index in [9.17, 15) is 0 Å². The summed E-state index contributed by atoms with van der Waals surface area (Å²) in [5.41, 5.74) is 0. The van der Waals surface area contributed by atoms with E-state index in [-0.39, 0.29) is 0 Å². The van der Waals surface area contributed by atoms with Crippen LogP contribution in [0.25, 0.3) is 0 Å². The second kappa shape index (κ2) is 13.3. The summed E-state index contributed by atoms with van der Waals surface area (Å²) in [7, 11) is 0. The van der Waals surface area contributed by atoms with Crippen molar-refractivity contribution in [1.29, 1.82) is 0 Å². The standard InChI is InChI=1S/C11H25NOS/c1-14-11-7-3-2-4-8-12-9-5-6-10-13/h12-13H,2-11H2,1H3. The number of aliphatic hydroxyl groups excluding tert-OH is 1. The molecular formula is C11H25NOS. The molecule has 0 rings (SSSR count). The van der Waals surface area contributed by atoms with Crippen molar-refractivity contribution in [1.82, 2.24) is 5.32 Å². The van der Waals surface area contributed by atoms with Crippen molar-refractivity contribution in [3.8, 4) is 0 Å². The number of aliphatic hydroxyl groups is 1. The minimum atomic E-state index is 0.330. The van der Waals surface area contributed by atoms with Gasteiger partial charge in [-0.3, -0.25) is 0 Å². The summed E-state index contributed by atoms with van der Waals surface area (Å²) in [6.07, 6.45) is 9.60. The molecule has 14 heavy (non-hydrogen) atoms. The van der Waals surface area contributed by atoms with Crippen LogP contribution in [0.5, 0.6) is 0 Å². The summed E-state index contributed by atoms with van der Waals surface area (Å²) in [4.78, 5) is 0. The molecule has 0 heterocycles. The van der Waals surface area contributed by atoms with Crippen molar-refractivity contribution in [3.05, 3.63) is 0 Å². The van der Waals surface area contributed by atoms with Crippen molar-refractivity contribution >= 4 is 11.8 Å². The van der Waals surface area contributed by atoms with Crippen molar-refractivity contribution in [2.75, 3.05) is 31.7 Å². The van der Waals surface area contributed by atoms with E-state index in [2.05, 4.69) is 11.6 Å². The van der Waals surface area contributed by atoms with Crippen LogP contribution in [-0.4, -0.2) is 36.8 Å². The molecule has 2 nitrogen and oxygen atoms in total. The van der Waals surface area contributed by atoms with Gasteiger partial charge in [-0.05, 0) is 50.8 Å². The molecule has 0 aromatic carbocycles. The van der Waals surface area contributed by atoms with Gasteiger partial charge in [0, 0.05) is 6.61 Å². The third-order valence-electron chi connectivity index (χ3n) is 2.21. The van der Waals surface area contributed by atoms with E-state index in [1.807, 2.05) is 11.8 Å². The van der Waals surface area contributed by atoms with E-state index in [0.29, 0.717) is 6.61 Å². The Kier molecular flexibility index (Phi) is 13.5. The molecule has 3 heteroatoms. The minimum absolute atomic E-state index is 0.330. The molecule has 0 radical (unpaired) electrons. The van der Waals surface area contributed by atoms with Gasteiger partial charge in [-0.2, -0.15) is 11.8 Å². The number of rotatable bonds is 11. The van der Waals surface area contributed by atoms with Crippen LogP contribution in [0.1, 0.15) is 38.5 Å². The highest BCUT2D eigenvalue weighted by molar-refractivity contribution is 7.98. The SMILES string of the molecule is CSCCCCCCNCCCCO. The van der Waals surface area contributed by atoms with E-state index in [1.165, 1.54) is 31.4 Å². The van der Waals surface area contributed by atoms with Gasteiger partial charge in [0.05, 0.1) is 0 Å². The lowest BCUT2D eigenvalue weighted by Gasteiger charge is -2.03. The largest absolute Gasteiger partial charge is 0.396 e. The van der Waals surface area contributed by atoms with Crippen LogP contribution in [0.15, 0.2) is 0 Å². The van der Waals surface area contributed by atoms with E-state index in [1.54, 1.807) is 0 Å². The Balaban J connectivity index is 2.78. The van der Waals surface area contributed by atoms with Crippen molar-refractivity contribution in [2.45, 2.75) is 38.5 Å². The smallest absolute Gasteiger partial charge is 0.0431 e. The topological polar surface area (TPSA) is 32.3 Å². The lowest BCUT2D eigenvalue weighted by molar-refractivity contribution is 0.283. The van der Waals surface area contributed by atoms with E-state index in [0.717, 1.165) is 25.9 Å². The highest BCUT2D eigenvalue weighted by Gasteiger charge is 1.90. The summed E-state index contributed by atoms with van der Waals surface area (Å²) < 4.78 is 0. The predicted molar refractivity (Wildman–Crippen MR) is 66.0 cm³/mol. The zero-order chi connectivity index (χ0) is 10.5. The van der Waals surface area contributed by atoms with Gasteiger partial charge in [0.2, 0.25) is 0 Å². The Morgan fingerprint density at radius 2 is 1.57 bits per heavy atom. The Morgan fingerprint density at radius 3 is 2.21 bits per heavy atom. The first-order valence-electron chi connectivity index (χ1n) is 5.72. The molecular weight excluding hydrogens is 194 g/mol. The molecule has 0 saturated heterocycles. The van der Waals surface area contributed by atoms with E-state index < -0.39 is 0 Å². The van der Waals surface area contributed by atoms with Crippen LogP contribution in [0.2, 0.25) is 0 Å². The van der Waals surface area contributed by atoms with Gasteiger partial charge in [-0.1, -0.05) is 12.8 Å². The van der Waals surface area contributed by atoms with Gasteiger partial charge in [0.1, 0.15) is 0 Å². The monoisotopic (exact) mass is 219 g/mol. The lowest BCUT2D eigenvalue weighted by atomic mass is 10.2. The predicted octanol–water partition coefficient (Wildman–Crippen LogP) is 2.27. The first-order chi connectivity index (χ1) is 6.91. The van der Waals surface area contributed by atoms with Gasteiger partial charge in [-0.25, -0.2) is 0 Å². The summed E-state index contributed by atoms with van der Waals surface area (Å²) in [5, 5.41) is 12.0. The highest BCUT2D eigenvalue weighted by atomic mass is 32.2. The molecule has 0 aliphatic heterocycles. The summed E-state index contributed by atoms with van der Waals surface area (Å²) in [6, 6.07) is 0. The van der Waals surface area contributed by atoms with Gasteiger partial charge in [0.15, 0.2) is 0 Å². The maximum atomic E-state index is 8.56. The number of thioether (sulfide) groups is 1. The number of nitrogens with one attached hydrogen (secondary N) is 1. The lowest BCUT2D eigenvalue weighted by Crippen LogP contribution is -2.16. The molecule has 2 N–H and O–H groups in total. The second-order valence-electron chi connectivity index (χ2n) is 3.59. The van der Waals surface area contributed by atoms with Crippen molar-refractivity contribution < 1.29 is 5.11 Å². The fraction of sp³-hybridized carbons (Fsp3) is 1.00. The van der Waals surface area contributed by atoms with Crippen molar-refractivity contribution in [2.24, 2.45) is 0 Å². The Morgan fingerprint density at radius 1 is 0.929 bits per heavy atom. The first-order valence-corrected chi connectivity index (χ1v) is 7.11. The molecule has 0 aromatic rings.